The number of piperazine rings is 1. The number of rotatable bonds is 20. The molecule has 3 aromatic rings. The summed E-state index contributed by atoms with van der Waals surface area (Å²) < 4.78 is 30.6. The van der Waals surface area contributed by atoms with Gasteiger partial charge in [0.15, 0.2) is 0 Å². The second kappa shape index (κ2) is 19.6. The first-order valence-corrected chi connectivity index (χ1v) is 20.0. The van der Waals surface area contributed by atoms with E-state index in [9.17, 15) is 9.59 Å². The van der Waals surface area contributed by atoms with Gasteiger partial charge < -0.3 is 38.1 Å². The lowest BCUT2D eigenvalue weighted by molar-refractivity contribution is -0.129. The number of likely N-dealkylation sites (tertiary alicyclic amines) is 1. The SMILES string of the molecule is C#CCN1CCN(CCOCCOCCOCCOCCCCn2c(CN3C(=O)C4(CN(C(=O)OC(C)(C)C)C4)c4ccncc43)nc3cc(Cl)ccc32)CC1. The third-order valence-corrected chi connectivity index (χ3v) is 10.5. The van der Waals surface area contributed by atoms with Crippen molar-refractivity contribution in [2.24, 2.45) is 0 Å². The van der Waals surface area contributed by atoms with Crippen molar-refractivity contribution in [1.29, 1.82) is 0 Å². The molecule has 14 nitrogen and oxygen atoms in total. The van der Waals surface area contributed by atoms with Gasteiger partial charge in [-0.15, -0.1) is 6.42 Å². The van der Waals surface area contributed by atoms with Gasteiger partial charge in [0.1, 0.15) is 16.8 Å². The molecule has 1 spiro atoms. The van der Waals surface area contributed by atoms with Crippen LogP contribution in [0.5, 0.6) is 0 Å². The molecule has 5 heterocycles. The highest BCUT2D eigenvalue weighted by Gasteiger charge is 2.60. The summed E-state index contributed by atoms with van der Waals surface area (Å²) in [4.78, 5) is 44.3. The molecule has 304 valence electrons. The van der Waals surface area contributed by atoms with Crippen LogP contribution in [0.15, 0.2) is 36.7 Å². The standard InChI is InChI=1S/C41H56ClN7O7/c1-5-12-45-14-16-46(17-15-45)18-20-53-22-24-55-26-25-54-23-21-52-19-7-6-13-48-35-9-8-32(42)27-34(35)44-37(48)29-49-36-28-43-11-10-33(36)41(38(49)50)30-47(31-41)39(51)56-40(2,3)4/h1,8-11,27-28H,6-7,12-26,29-31H2,2-4H3. The number of benzene rings is 1. The zero-order valence-corrected chi connectivity index (χ0v) is 33.8. The number of nitrogens with zero attached hydrogens (tertiary/aromatic N) is 7. The molecule has 3 aliphatic rings. The van der Waals surface area contributed by atoms with Crippen LogP contribution in [-0.4, -0.2) is 152 Å². The molecule has 3 aliphatic heterocycles. The van der Waals surface area contributed by atoms with Gasteiger partial charge in [-0.05, 0) is 63.4 Å². The second-order valence-corrected chi connectivity index (χ2v) is 15.9. The van der Waals surface area contributed by atoms with Crippen LogP contribution < -0.4 is 4.90 Å². The third kappa shape index (κ3) is 10.6. The lowest BCUT2D eigenvalue weighted by Gasteiger charge is -2.46. The Labute approximate surface area is 335 Å². The molecule has 0 atom stereocenters. The summed E-state index contributed by atoms with van der Waals surface area (Å²) in [7, 11) is 0. The first-order chi connectivity index (χ1) is 27.1. The van der Waals surface area contributed by atoms with Crippen LogP contribution in [-0.2, 0) is 47.0 Å². The van der Waals surface area contributed by atoms with Crippen LogP contribution in [0.2, 0.25) is 5.02 Å². The summed E-state index contributed by atoms with van der Waals surface area (Å²) in [6, 6.07) is 7.56. The van der Waals surface area contributed by atoms with E-state index in [1.54, 1.807) is 22.2 Å². The van der Waals surface area contributed by atoms with Gasteiger partial charge in [0.2, 0.25) is 5.91 Å². The van der Waals surface area contributed by atoms with Crippen molar-refractivity contribution in [2.45, 2.75) is 57.7 Å². The maximum absolute atomic E-state index is 14.2. The number of hydrogen-bond donors (Lipinski definition) is 0. The molecule has 2 aromatic heterocycles. The molecule has 0 radical (unpaired) electrons. The number of aromatic nitrogens is 3. The third-order valence-electron chi connectivity index (χ3n) is 10.3. The fourth-order valence-electron chi connectivity index (χ4n) is 7.41. The van der Waals surface area contributed by atoms with Crippen LogP contribution in [0.3, 0.4) is 0 Å². The first-order valence-electron chi connectivity index (χ1n) is 19.7. The van der Waals surface area contributed by atoms with E-state index in [-0.39, 0.29) is 25.5 Å². The normalized spacial score (nSPS) is 17.1. The van der Waals surface area contributed by atoms with Crippen molar-refractivity contribution in [3.05, 3.63) is 53.1 Å². The Morgan fingerprint density at radius 1 is 0.893 bits per heavy atom. The van der Waals surface area contributed by atoms with Gasteiger partial charge in [-0.2, -0.15) is 0 Å². The minimum absolute atomic E-state index is 0.0679. The first kappa shape index (κ1) is 41.8. The smallest absolute Gasteiger partial charge is 0.410 e. The molecular formula is C41H56ClN7O7. The van der Waals surface area contributed by atoms with Gasteiger partial charge in [0.05, 0.1) is 82.3 Å². The fourth-order valence-corrected chi connectivity index (χ4v) is 7.57. The van der Waals surface area contributed by atoms with E-state index >= 15 is 0 Å². The monoisotopic (exact) mass is 793 g/mol. The summed E-state index contributed by atoms with van der Waals surface area (Å²) in [5.74, 6) is 3.40. The van der Waals surface area contributed by atoms with Crippen LogP contribution in [0.1, 0.15) is 45.0 Å². The number of terminal acetylenes is 1. The lowest BCUT2D eigenvalue weighted by atomic mass is 9.75. The minimum Gasteiger partial charge on any atom is -0.444 e. The Hall–Kier alpha value is -3.81. The predicted molar refractivity (Wildman–Crippen MR) is 214 cm³/mol. The van der Waals surface area contributed by atoms with E-state index in [1.807, 2.05) is 45.0 Å². The number of carbonyl (C=O) groups is 2. The number of hydrogen-bond acceptors (Lipinski definition) is 11. The van der Waals surface area contributed by atoms with Crippen molar-refractivity contribution in [2.75, 3.05) is 110 Å². The number of fused-ring (bicyclic) bond motifs is 3. The number of halogens is 1. The lowest BCUT2D eigenvalue weighted by Crippen LogP contribution is -2.65. The maximum Gasteiger partial charge on any atom is 0.410 e. The van der Waals surface area contributed by atoms with Crippen LogP contribution in [0.25, 0.3) is 11.0 Å². The van der Waals surface area contributed by atoms with Crippen molar-refractivity contribution in [3.8, 4) is 12.3 Å². The predicted octanol–water partition coefficient (Wildman–Crippen LogP) is 4.22. The van der Waals surface area contributed by atoms with E-state index in [1.165, 1.54) is 0 Å². The number of anilines is 1. The fraction of sp³-hybridized carbons (Fsp3) is 0.610. The Balaban J connectivity index is 0.887. The highest BCUT2D eigenvalue weighted by atomic mass is 35.5. The van der Waals surface area contributed by atoms with E-state index in [0.29, 0.717) is 64.4 Å². The Bertz CT molecular complexity index is 1810. The number of unbranched alkanes of at least 4 members (excludes halogenated alkanes) is 1. The van der Waals surface area contributed by atoms with Crippen LogP contribution >= 0.6 is 11.6 Å². The summed E-state index contributed by atoms with van der Waals surface area (Å²) in [6.07, 6.45) is 10.1. The largest absolute Gasteiger partial charge is 0.444 e. The van der Waals surface area contributed by atoms with E-state index < -0.39 is 17.1 Å². The van der Waals surface area contributed by atoms with Gasteiger partial charge in [0, 0.05) is 70.2 Å². The van der Waals surface area contributed by atoms with Crippen molar-refractivity contribution >= 4 is 40.3 Å². The molecule has 2 fully saturated rings. The van der Waals surface area contributed by atoms with E-state index in [0.717, 1.165) is 80.2 Å². The van der Waals surface area contributed by atoms with Crippen LogP contribution in [0.4, 0.5) is 10.5 Å². The summed E-state index contributed by atoms with van der Waals surface area (Å²) in [5.41, 5.74) is 1.87. The van der Waals surface area contributed by atoms with Gasteiger partial charge in [-0.3, -0.25) is 19.6 Å². The average Bonchev–Trinajstić information content (AvgIpc) is 3.61. The summed E-state index contributed by atoms with van der Waals surface area (Å²) in [5, 5.41) is 0.598. The molecule has 1 aromatic carbocycles. The number of amides is 2. The van der Waals surface area contributed by atoms with Gasteiger partial charge in [-0.25, -0.2) is 9.78 Å². The number of aryl methyl sites for hydroxylation is 1. The minimum atomic E-state index is -0.835. The molecule has 2 amide bonds. The van der Waals surface area contributed by atoms with Crippen molar-refractivity contribution in [1.82, 2.24) is 29.2 Å². The molecule has 0 bridgehead atoms. The number of imidazole rings is 1. The average molecular weight is 794 g/mol. The highest BCUT2D eigenvalue weighted by Crippen LogP contribution is 2.48. The molecule has 2 saturated heterocycles. The Kier molecular flexibility index (Phi) is 14.6. The van der Waals surface area contributed by atoms with E-state index in [4.69, 9.17) is 46.7 Å². The van der Waals surface area contributed by atoms with Gasteiger partial charge >= 0.3 is 6.09 Å². The molecular weight excluding hydrogens is 738 g/mol. The van der Waals surface area contributed by atoms with Gasteiger partial charge in [0.25, 0.3) is 0 Å². The number of pyridine rings is 1. The maximum atomic E-state index is 14.2. The molecule has 0 saturated carbocycles. The molecule has 56 heavy (non-hydrogen) atoms. The molecule has 0 N–H and O–H groups in total. The zero-order chi connectivity index (χ0) is 39.5. The second-order valence-electron chi connectivity index (χ2n) is 15.5. The summed E-state index contributed by atoms with van der Waals surface area (Å²) in [6.45, 7) is 17.2. The molecule has 0 unspecified atom stereocenters. The number of carbonyl (C=O) groups excluding carboxylic acids is 2. The Morgan fingerprint density at radius 2 is 1.55 bits per heavy atom. The van der Waals surface area contributed by atoms with Crippen LogP contribution in [0, 0.1) is 12.3 Å². The zero-order valence-electron chi connectivity index (χ0n) is 33.0. The Morgan fingerprint density at radius 3 is 2.23 bits per heavy atom. The number of ether oxygens (including phenoxy) is 5. The van der Waals surface area contributed by atoms with Crippen molar-refractivity contribution < 1.29 is 33.3 Å². The quantitative estimate of drug-likeness (QED) is 0.121. The topological polar surface area (TPSA) is 124 Å². The van der Waals surface area contributed by atoms with E-state index in [2.05, 4.69) is 25.3 Å². The highest BCUT2D eigenvalue weighted by molar-refractivity contribution is 6.31. The summed E-state index contributed by atoms with van der Waals surface area (Å²) >= 11 is 6.35. The molecule has 6 rings (SSSR count). The molecule has 15 heteroatoms. The molecule has 0 aliphatic carbocycles. The van der Waals surface area contributed by atoms with Gasteiger partial charge in [-0.1, -0.05) is 17.5 Å². The van der Waals surface area contributed by atoms with Crippen molar-refractivity contribution in [3.63, 3.8) is 0 Å².